The van der Waals surface area contributed by atoms with Crippen molar-refractivity contribution in [1.82, 2.24) is 4.57 Å². The van der Waals surface area contributed by atoms with E-state index < -0.39 is 0 Å². The standard InChI is InChI=1S/C17H16N2O/c1-12-10-13-6-3-5-9-16(13)19(12)11-14-7-2-4-8-15(14)17(18)20/h2-10H,11H2,1H3,(H2,18,20). The summed E-state index contributed by atoms with van der Waals surface area (Å²) in [4.78, 5) is 11.5. The lowest BCUT2D eigenvalue weighted by atomic mass is 10.1. The summed E-state index contributed by atoms with van der Waals surface area (Å²) in [5.41, 5.74) is 9.32. The Balaban J connectivity index is 2.10. The molecule has 3 aromatic rings. The molecule has 0 atom stereocenters. The average Bonchev–Trinajstić information content (AvgIpc) is 2.76. The summed E-state index contributed by atoms with van der Waals surface area (Å²) in [6.45, 7) is 2.73. The minimum absolute atomic E-state index is 0.380. The third-order valence-electron chi connectivity index (χ3n) is 3.63. The number of aryl methyl sites for hydroxylation is 1. The summed E-state index contributed by atoms with van der Waals surface area (Å²) in [7, 11) is 0. The van der Waals surface area contributed by atoms with E-state index in [-0.39, 0.29) is 5.91 Å². The molecule has 1 heterocycles. The molecular weight excluding hydrogens is 248 g/mol. The second kappa shape index (κ2) is 4.85. The predicted molar refractivity (Wildman–Crippen MR) is 80.7 cm³/mol. The molecule has 2 N–H and O–H groups in total. The zero-order valence-corrected chi connectivity index (χ0v) is 11.3. The molecule has 0 aliphatic heterocycles. The first kappa shape index (κ1) is 12.5. The SMILES string of the molecule is Cc1cc2ccccc2n1Cc1ccccc1C(N)=O. The Labute approximate surface area is 117 Å². The third-order valence-corrected chi connectivity index (χ3v) is 3.63. The second-order valence-corrected chi connectivity index (χ2v) is 4.95. The Kier molecular flexibility index (Phi) is 3.03. The molecule has 3 rings (SSSR count). The van der Waals surface area contributed by atoms with Crippen LogP contribution in [0.1, 0.15) is 21.6 Å². The minimum atomic E-state index is -0.380. The van der Waals surface area contributed by atoms with Crippen molar-refractivity contribution < 1.29 is 4.79 Å². The van der Waals surface area contributed by atoms with Crippen LogP contribution in [0.25, 0.3) is 10.9 Å². The fourth-order valence-corrected chi connectivity index (χ4v) is 2.63. The summed E-state index contributed by atoms with van der Waals surface area (Å²) in [5.74, 6) is -0.380. The largest absolute Gasteiger partial charge is 0.366 e. The summed E-state index contributed by atoms with van der Waals surface area (Å²) in [6, 6.07) is 17.9. The number of primary amides is 1. The highest BCUT2D eigenvalue weighted by Crippen LogP contribution is 2.21. The van der Waals surface area contributed by atoms with Crippen molar-refractivity contribution in [3.05, 3.63) is 71.4 Å². The van der Waals surface area contributed by atoms with Crippen molar-refractivity contribution >= 4 is 16.8 Å². The van der Waals surface area contributed by atoms with E-state index in [2.05, 4.69) is 29.7 Å². The van der Waals surface area contributed by atoms with Gasteiger partial charge in [-0.25, -0.2) is 0 Å². The van der Waals surface area contributed by atoms with Crippen molar-refractivity contribution in [2.45, 2.75) is 13.5 Å². The molecule has 3 nitrogen and oxygen atoms in total. The van der Waals surface area contributed by atoms with Crippen molar-refractivity contribution in [3.63, 3.8) is 0 Å². The average molecular weight is 264 g/mol. The van der Waals surface area contributed by atoms with Crippen LogP contribution < -0.4 is 5.73 Å². The molecular formula is C17H16N2O. The number of hydrogen-bond acceptors (Lipinski definition) is 1. The monoisotopic (exact) mass is 264 g/mol. The van der Waals surface area contributed by atoms with Gasteiger partial charge in [0.2, 0.25) is 5.91 Å². The van der Waals surface area contributed by atoms with Crippen LogP contribution in [0.2, 0.25) is 0 Å². The molecule has 2 aromatic carbocycles. The Morgan fingerprint density at radius 3 is 2.60 bits per heavy atom. The van der Waals surface area contributed by atoms with E-state index in [4.69, 9.17) is 5.73 Å². The Hall–Kier alpha value is -2.55. The molecule has 0 unspecified atom stereocenters. The molecule has 0 spiro atoms. The fraction of sp³-hybridized carbons (Fsp3) is 0.118. The van der Waals surface area contributed by atoms with Crippen LogP contribution in [0.5, 0.6) is 0 Å². The number of carbonyl (C=O) groups is 1. The van der Waals surface area contributed by atoms with Crippen LogP contribution in [0.15, 0.2) is 54.6 Å². The van der Waals surface area contributed by atoms with Crippen LogP contribution in [-0.4, -0.2) is 10.5 Å². The molecule has 100 valence electrons. The highest BCUT2D eigenvalue weighted by molar-refractivity contribution is 5.94. The summed E-state index contributed by atoms with van der Waals surface area (Å²) >= 11 is 0. The predicted octanol–water partition coefficient (Wildman–Crippen LogP) is 3.10. The maximum absolute atomic E-state index is 11.5. The smallest absolute Gasteiger partial charge is 0.249 e. The maximum atomic E-state index is 11.5. The van der Waals surface area contributed by atoms with Gasteiger partial charge in [-0.05, 0) is 36.1 Å². The summed E-state index contributed by atoms with van der Waals surface area (Å²) in [6.07, 6.45) is 0. The second-order valence-electron chi connectivity index (χ2n) is 4.95. The highest BCUT2D eigenvalue weighted by Gasteiger charge is 2.10. The summed E-state index contributed by atoms with van der Waals surface area (Å²) in [5, 5.41) is 1.21. The first-order valence-electron chi connectivity index (χ1n) is 6.59. The number of fused-ring (bicyclic) bond motifs is 1. The third kappa shape index (κ3) is 2.07. The first-order chi connectivity index (χ1) is 9.66. The molecule has 20 heavy (non-hydrogen) atoms. The Bertz CT molecular complexity index is 787. The number of nitrogens with two attached hydrogens (primary N) is 1. The molecule has 1 amide bonds. The van der Waals surface area contributed by atoms with E-state index in [9.17, 15) is 4.79 Å². The van der Waals surface area contributed by atoms with Gasteiger partial charge in [0.1, 0.15) is 0 Å². The zero-order valence-electron chi connectivity index (χ0n) is 11.3. The zero-order chi connectivity index (χ0) is 14.1. The quantitative estimate of drug-likeness (QED) is 0.776. The lowest BCUT2D eigenvalue weighted by Gasteiger charge is -2.11. The number of aromatic nitrogens is 1. The van der Waals surface area contributed by atoms with E-state index in [1.807, 2.05) is 30.3 Å². The van der Waals surface area contributed by atoms with Gasteiger partial charge in [-0.3, -0.25) is 4.79 Å². The molecule has 0 aliphatic carbocycles. The number of para-hydroxylation sites is 1. The number of amides is 1. The van der Waals surface area contributed by atoms with Gasteiger partial charge in [-0.15, -0.1) is 0 Å². The molecule has 0 fully saturated rings. The topological polar surface area (TPSA) is 48.0 Å². The first-order valence-corrected chi connectivity index (χ1v) is 6.59. The number of rotatable bonds is 3. The number of hydrogen-bond donors (Lipinski definition) is 1. The molecule has 1 aromatic heterocycles. The van der Waals surface area contributed by atoms with Crippen molar-refractivity contribution in [2.24, 2.45) is 5.73 Å². The Morgan fingerprint density at radius 1 is 1.10 bits per heavy atom. The van der Waals surface area contributed by atoms with Crippen molar-refractivity contribution in [1.29, 1.82) is 0 Å². The van der Waals surface area contributed by atoms with Crippen LogP contribution in [0.3, 0.4) is 0 Å². The maximum Gasteiger partial charge on any atom is 0.249 e. The van der Waals surface area contributed by atoms with Gasteiger partial charge in [0.15, 0.2) is 0 Å². The van der Waals surface area contributed by atoms with Gasteiger partial charge < -0.3 is 10.3 Å². The normalized spacial score (nSPS) is 10.8. The highest BCUT2D eigenvalue weighted by atomic mass is 16.1. The number of nitrogens with zero attached hydrogens (tertiary/aromatic N) is 1. The van der Waals surface area contributed by atoms with Gasteiger partial charge in [0, 0.05) is 23.3 Å². The summed E-state index contributed by atoms with van der Waals surface area (Å²) < 4.78 is 2.21. The molecule has 0 saturated carbocycles. The number of benzene rings is 2. The van der Waals surface area contributed by atoms with E-state index in [1.165, 1.54) is 16.6 Å². The van der Waals surface area contributed by atoms with Gasteiger partial charge in [0.25, 0.3) is 0 Å². The van der Waals surface area contributed by atoms with E-state index in [1.54, 1.807) is 6.07 Å². The van der Waals surface area contributed by atoms with Crippen LogP contribution in [0, 0.1) is 6.92 Å². The Morgan fingerprint density at radius 2 is 1.80 bits per heavy atom. The lowest BCUT2D eigenvalue weighted by Crippen LogP contribution is -2.15. The van der Waals surface area contributed by atoms with Gasteiger partial charge >= 0.3 is 0 Å². The van der Waals surface area contributed by atoms with Gasteiger partial charge in [-0.1, -0.05) is 36.4 Å². The molecule has 0 aliphatic rings. The molecule has 3 heteroatoms. The van der Waals surface area contributed by atoms with Gasteiger partial charge in [0.05, 0.1) is 0 Å². The van der Waals surface area contributed by atoms with E-state index in [0.717, 1.165) is 5.56 Å². The van der Waals surface area contributed by atoms with Crippen molar-refractivity contribution in [3.8, 4) is 0 Å². The molecule has 0 saturated heterocycles. The minimum Gasteiger partial charge on any atom is -0.366 e. The fourth-order valence-electron chi connectivity index (χ4n) is 2.63. The molecule has 0 radical (unpaired) electrons. The van der Waals surface area contributed by atoms with Crippen molar-refractivity contribution in [2.75, 3.05) is 0 Å². The van der Waals surface area contributed by atoms with E-state index in [0.29, 0.717) is 12.1 Å². The van der Waals surface area contributed by atoms with Crippen LogP contribution >= 0.6 is 0 Å². The number of carbonyl (C=O) groups excluding carboxylic acids is 1. The lowest BCUT2D eigenvalue weighted by molar-refractivity contribution is 0.0999. The van der Waals surface area contributed by atoms with Crippen LogP contribution in [-0.2, 0) is 6.54 Å². The van der Waals surface area contributed by atoms with E-state index >= 15 is 0 Å². The van der Waals surface area contributed by atoms with Gasteiger partial charge in [-0.2, -0.15) is 0 Å². The van der Waals surface area contributed by atoms with Crippen LogP contribution in [0.4, 0.5) is 0 Å². The molecule has 0 bridgehead atoms.